The minimum absolute atomic E-state index is 0.0714. The second kappa shape index (κ2) is 14.6. The van der Waals surface area contributed by atoms with Crippen LogP contribution in [0, 0.1) is 46.3 Å². The molecule has 3 aromatic rings. The molecule has 0 unspecified atom stereocenters. The molecule has 8 nitrogen and oxygen atoms in total. The fourth-order valence-corrected chi connectivity index (χ4v) is 4.15. The van der Waals surface area contributed by atoms with E-state index in [1.807, 2.05) is 27.7 Å². The summed E-state index contributed by atoms with van der Waals surface area (Å²) in [6.07, 6.45) is 4.74. The Balaban J connectivity index is 1.58. The second-order valence-electron chi connectivity index (χ2n) is 10.6. The molecule has 0 saturated heterocycles. The fourth-order valence-electron chi connectivity index (χ4n) is 4.15. The van der Waals surface area contributed by atoms with Crippen molar-refractivity contribution in [3.63, 3.8) is 0 Å². The number of esters is 2. The molecule has 0 aliphatic carbocycles. The van der Waals surface area contributed by atoms with E-state index in [-0.39, 0.29) is 25.0 Å². The maximum atomic E-state index is 12.4. The predicted octanol–water partition coefficient (Wildman–Crippen LogP) is 6.50. The van der Waals surface area contributed by atoms with Gasteiger partial charge in [-0.1, -0.05) is 52.0 Å². The lowest BCUT2D eigenvalue weighted by molar-refractivity contribution is 0.0449. The first-order chi connectivity index (χ1) is 19.2. The van der Waals surface area contributed by atoms with Crippen molar-refractivity contribution < 1.29 is 19.1 Å². The number of benzene rings is 2. The number of carbonyl (C=O) groups is 2. The molecule has 1 heterocycles. The van der Waals surface area contributed by atoms with Gasteiger partial charge in [0.05, 0.1) is 35.1 Å². The van der Waals surface area contributed by atoms with Crippen LogP contribution in [0.25, 0.3) is 22.5 Å². The van der Waals surface area contributed by atoms with Gasteiger partial charge in [-0.3, -0.25) is 0 Å². The quantitative estimate of drug-likeness (QED) is 0.239. The van der Waals surface area contributed by atoms with Crippen LogP contribution in [-0.4, -0.2) is 35.1 Å². The minimum Gasteiger partial charge on any atom is -0.461 e. The summed E-state index contributed by atoms with van der Waals surface area (Å²) in [6, 6.07) is 18.1. The lowest BCUT2D eigenvalue weighted by Crippen LogP contribution is -2.14. The molecule has 0 spiro atoms. The lowest BCUT2D eigenvalue weighted by Gasteiger charge is -2.12. The van der Waals surface area contributed by atoms with Crippen molar-refractivity contribution in [1.29, 1.82) is 10.5 Å². The van der Waals surface area contributed by atoms with Crippen LogP contribution in [0.4, 0.5) is 0 Å². The van der Waals surface area contributed by atoms with Gasteiger partial charge in [-0.25, -0.2) is 19.6 Å². The summed E-state index contributed by atoms with van der Waals surface area (Å²) in [5, 5.41) is 18.5. The van der Waals surface area contributed by atoms with Gasteiger partial charge in [0, 0.05) is 23.5 Å². The van der Waals surface area contributed by atoms with Crippen LogP contribution >= 0.6 is 0 Å². The first-order valence-corrected chi connectivity index (χ1v) is 13.4. The molecule has 2 atom stereocenters. The maximum absolute atomic E-state index is 12.4. The Hall–Kier alpha value is -4.56. The van der Waals surface area contributed by atoms with Crippen molar-refractivity contribution in [2.45, 2.75) is 40.5 Å². The molecule has 8 heteroatoms. The number of nitriles is 2. The molecule has 206 valence electrons. The molecule has 40 heavy (non-hydrogen) atoms. The number of hydrogen-bond acceptors (Lipinski definition) is 8. The van der Waals surface area contributed by atoms with E-state index >= 15 is 0 Å². The van der Waals surface area contributed by atoms with Gasteiger partial charge < -0.3 is 9.47 Å². The van der Waals surface area contributed by atoms with Gasteiger partial charge in [0.1, 0.15) is 13.2 Å². The zero-order chi connectivity index (χ0) is 29.1. The first-order valence-electron chi connectivity index (χ1n) is 13.4. The Kier molecular flexibility index (Phi) is 10.9. The summed E-state index contributed by atoms with van der Waals surface area (Å²) >= 11 is 0. The number of aromatic nitrogens is 2. The maximum Gasteiger partial charge on any atom is 0.338 e. The fraction of sp³-hybridized carbons (Fsp3) is 0.375. The molecule has 0 aliphatic rings. The molecule has 0 radical (unpaired) electrons. The Morgan fingerprint density at radius 1 is 0.675 bits per heavy atom. The smallest absolute Gasteiger partial charge is 0.338 e. The number of rotatable bonds is 12. The van der Waals surface area contributed by atoms with Crippen molar-refractivity contribution in [2.75, 3.05) is 13.2 Å². The topological polar surface area (TPSA) is 126 Å². The monoisotopic (exact) mass is 538 g/mol. The molecular formula is C32H34N4O4. The van der Waals surface area contributed by atoms with E-state index in [9.17, 15) is 20.1 Å². The molecule has 0 N–H and O–H groups in total. The van der Waals surface area contributed by atoms with Gasteiger partial charge >= 0.3 is 11.9 Å². The highest BCUT2D eigenvalue weighted by atomic mass is 16.5. The van der Waals surface area contributed by atoms with E-state index in [1.165, 1.54) is 0 Å². The largest absolute Gasteiger partial charge is 0.461 e. The van der Waals surface area contributed by atoms with E-state index in [2.05, 4.69) is 22.1 Å². The molecule has 0 amide bonds. The van der Waals surface area contributed by atoms with Gasteiger partial charge in [-0.2, -0.15) is 10.5 Å². The lowest BCUT2D eigenvalue weighted by atomic mass is 9.99. The Labute approximate surface area is 235 Å². The summed E-state index contributed by atoms with van der Waals surface area (Å²) in [5.74, 6) is -0.380. The molecule has 0 saturated carbocycles. The normalized spacial score (nSPS) is 12.3. The van der Waals surface area contributed by atoms with Crippen molar-refractivity contribution in [1.82, 2.24) is 9.97 Å². The highest BCUT2D eigenvalue weighted by Gasteiger charge is 2.16. The Morgan fingerprint density at radius 3 is 1.45 bits per heavy atom. The molecular weight excluding hydrogens is 504 g/mol. The zero-order valence-corrected chi connectivity index (χ0v) is 23.3. The van der Waals surface area contributed by atoms with E-state index < -0.39 is 11.9 Å². The second-order valence-corrected chi connectivity index (χ2v) is 10.6. The number of carbonyl (C=O) groups excluding carboxylic acids is 2. The van der Waals surface area contributed by atoms with Crippen LogP contribution in [-0.2, 0) is 9.47 Å². The summed E-state index contributed by atoms with van der Waals surface area (Å²) in [5.41, 5.74) is 3.15. The van der Waals surface area contributed by atoms with Crippen molar-refractivity contribution >= 4 is 11.9 Å². The SMILES string of the molecule is CC(C)C[C@@H](C#N)COC(=O)c1ccc(-c2cnc(-c3ccc(C(=O)OC[C@H](C#N)CC(C)C)cc3)nc2)cc1. The summed E-state index contributed by atoms with van der Waals surface area (Å²) in [6.45, 7) is 8.25. The Morgan fingerprint density at radius 2 is 1.07 bits per heavy atom. The summed E-state index contributed by atoms with van der Waals surface area (Å²) in [4.78, 5) is 33.7. The average molecular weight is 539 g/mol. The standard InChI is InChI=1S/C32H34N4O4/c1-21(2)13-23(15-33)19-39-31(37)27-9-5-25(6-10-27)29-17-35-30(36-18-29)26-7-11-28(12-8-26)32(38)40-20-24(16-34)14-22(3)4/h5-12,17-18,21-24H,13-14,19-20H2,1-4H3/t23-,24-/m0/s1. The van der Waals surface area contributed by atoms with Crippen molar-refractivity contribution in [2.24, 2.45) is 23.7 Å². The van der Waals surface area contributed by atoms with Crippen LogP contribution in [0.15, 0.2) is 60.9 Å². The van der Waals surface area contributed by atoms with Crippen LogP contribution in [0.2, 0.25) is 0 Å². The van der Waals surface area contributed by atoms with Crippen LogP contribution in [0.1, 0.15) is 61.3 Å². The molecule has 3 rings (SSSR count). The molecule has 1 aromatic heterocycles. The molecule has 0 fully saturated rings. The van der Waals surface area contributed by atoms with E-state index in [1.54, 1.807) is 60.9 Å². The summed E-state index contributed by atoms with van der Waals surface area (Å²) in [7, 11) is 0. The van der Waals surface area contributed by atoms with E-state index in [0.717, 1.165) is 16.7 Å². The number of ether oxygens (including phenoxy) is 2. The van der Waals surface area contributed by atoms with Crippen LogP contribution in [0.3, 0.4) is 0 Å². The minimum atomic E-state index is -0.473. The van der Waals surface area contributed by atoms with Gasteiger partial charge in [0.15, 0.2) is 5.82 Å². The number of hydrogen-bond donors (Lipinski definition) is 0. The Bertz CT molecular complexity index is 1250. The van der Waals surface area contributed by atoms with Crippen molar-refractivity contribution in [3.8, 4) is 34.7 Å². The van der Waals surface area contributed by atoms with Gasteiger partial charge in [0.25, 0.3) is 0 Å². The average Bonchev–Trinajstić information content (AvgIpc) is 2.97. The highest BCUT2D eigenvalue weighted by Crippen LogP contribution is 2.22. The van der Waals surface area contributed by atoms with Gasteiger partial charge in [-0.15, -0.1) is 0 Å². The van der Waals surface area contributed by atoms with Crippen LogP contribution in [0.5, 0.6) is 0 Å². The predicted molar refractivity (Wildman–Crippen MR) is 151 cm³/mol. The van der Waals surface area contributed by atoms with E-state index in [0.29, 0.717) is 41.6 Å². The third-order valence-corrected chi connectivity index (χ3v) is 6.19. The number of nitrogens with zero attached hydrogens (tertiary/aromatic N) is 4. The summed E-state index contributed by atoms with van der Waals surface area (Å²) < 4.78 is 10.7. The van der Waals surface area contributed by atoms with E-state index in [4.69, 9.17) is 9.47 Å². The molecule has 2 aromatic carbocycles. The molecule has 0 aliphatic heterocycles. The zero-order valence-electron chi connectivity index (χ0n) is 23.3. The van der Waals surface area contributed by atoms with Crippen LogP contribution < -0.4 is 0 Å². The van der Waals surface area contributed by atoms with Gasteiger partial charge in [-0.05, 0) is 54.5 Å². The van der Waals surface area contributed by atoms with Crippen molar-refractivity contribution in [3.05, 3.63) is 72.1 Å². The highest BCUT2D eigenvalue weighted by molar-refractivity contribution is 5.90. The van der Waals surface area contributed by atoms with Gasteiger partial charge in [0.2, 0.25) is 0 Å². The first kappa shape index (κ1) is 30.0. The third-order valence-electron chi connectivity index (χ3n) is 6.19. The molecule has 0 bridgehead atoms. The third kappa shape index (κ3) is 8.74.